The van der Waals surface area contributed by atoms with E-state index in [0.29, 0.717) is 13.0 Å². The Hall–Kier alpha value is -2.17. The summed E-state index contributed by atoms with van der Waals surface area (Å²) in [6, 6.07) is 9.53. The summed E-state index contributed by atoms with van der Waals surface area (Å²) in [5.74, 6) is -0.365. The van der Waals surface area contributed by atoms with E-state index in [2.05, 4.69) is 0 Å². The van der Waals surface area contributed by atoms with E-state index < -0.39 is 5.54 Å². The lowest BCUT2D eigenvalue weighted by atomic mass is 9.78. The van der Waals surface area contributed by atoms with E-state index in [4.69, 9.17) is 4.74 Å². The fourth-order valence-corrected chi connectivity index (χ4v) is 3.55. The van der Waals surface area contributed by atoms with Crippen LogP contribution < -0.4 is 0 Å². The second kappa shape index (κ2) is 9.35. The maximum Gasteiger partial charge on any atom is 0.306 e. The van der Waals surface area contributed by atoms with E-state index in [1.54, 1.807) is 6.92 Å². The lowest BCUT2D eigenvalue weighted by Gasteiger charge is -2.28. The largest absolute Gasteiger partial charge is 0.466 e. The smallest absolute Gasteiger partial charge is 0.306 e. The SMILES string of the molecule is CCOC(=O)CCC(Cc1ccccc1)(C1=CCCCCC1)[N+](=O)[O-]. The molecule has 1 unspecified atom stereocenters. The summed E-state index contributed by atoms with van der Waals surface area (Å²) in [5, 5.41) is 12.2. The molecule has 0 amide bonds. The van der Waals surface area contributed by atoms with Crippen LogP contribution in [0.2, 0.25) is 0 Å². The number of carbonyl (C=O) groups excluding carboxylic acids is 1. The summed E-state index contributed by atoms with van der Waals surface area (Å²) < 4.78 is 5.00. The summed E-state index contributed by atoms with van der Waals surface area (Å²) in [4.78, 5) is 23.9. The Balaban J connectivity index is 2.33. The predicted octanol–water partition coefficient (Wildman–Crippen LogP) is 4.48. The van der Waals surface area contributed by atoms with Gasteiger partial charge in [-0.15, -0.1) is 0 Å². The van der Waals surface area contributed by atoms with Gasteiger partial charge in [-0.2, -0.15) is 0 Å². The second-order valence-electron chi connectivity index (χ2n) is 6.58. The highest BCUT2D eigenvalue weighted by Gasteiger charge is 2.46. The molecule has 0 fully saturated rings. The fourth-order valence-electron chi connectivity index (χ4n) is 3.55. The van der Waals surface area contributed by atoms with E-state index in [1.165, 1.54) is 0 Å². The number of esters is 1. The molecular weight excluding hydrogens is 318 g/mol. The Morgan fingerprint density at radius 2 is 2.00 bits per heavy atom. The number of hydrogen-bond donors (Lipinski definition) is 0. The van der Waals surface area contributed by atoms with Crippen LogP contribution in [-0.2, 0) is 16.0 Å². The Morgan fingerprint density at radius 1 is 1.24 bits per heavy atom. The monoisotopic (exact) mass is 345 g/mol. The minimum Gasteiger partial charge on any atom is -0.466 e. The summed E-state index contributed by atoms with van der Waals surface area (Å²) in [6.45, 7) is 2.04. The number of benzene rings is 1. The highest BCUT2D eigenvalue weighted by Crippen LogP contribution is 2.36. The molecule has 0 saturated heterocycles. The van der Waals surface area contributed by atoms with E-state index in [-0.39, 0.29) is 23.7 Å². The molecule has 1 atom stereocenters. The molecule has 1 aromatic rings. The molecule has 0 bridgehead atoms. The Morgan fingerprint density at radius 3 is 2.68 bits per heavy atom. The van der Waals surface area contributed by atoms with Crippen molar-refractivity contribution in [2.24, 2.45) is 0 Å². The maximum atomic E-state index is 12.2. The van der Waals surface area contributed by atoms with Crippen LogP contribution in [-0.4, -0.2) is 23.0 Å². The molecule has 0 saturated carbocycles. The standard InChI is InChI=1S/C20H27NO4/c1-2-25-19(22)14-15-20(21(23)24,16-17-10-6-5-7-11-17)18-12-8-3-4-9-13-18/h5-7,10-12H,2-4,8-9,13-16H2,1H3. The molecule has 0 heterocycles. The first-order chi connectivity index (χ1) is 12.1. The highest BCUT2D eigenvalue weighted by molar-refractivity contribution is 5.69. The predicted molar refractivity (Wildman–Crippen MR) is 96.9 cm³/mol. The average molecular weight is 345 g/mol. The van der Waals surface area contributed by atoms with Gasteiger partial charge in [0.2, 0.25) is 5.54 Å². The van der Waals surface area contributed by atoms with Gasteiger partial charge < -0.3 is 4.74 Å². The van der Waals surface area contributed by atoms with Crippen molar-refractivity contribution in [1.82, 2.24) is 0 Å². The van der Waals surface area contributed by atoms with Gasteiger partial charge in [-0.3, -0.25) is 14.9 Å². The quantitative estimate of drug-likeness (QED) is 0.301. The van der Waals surface area contributed by atoms with Gasteiger partial charge in [-0.05, 0) is 38.2 Å². The van der Waals surface area contributed by atoms with Gasteiger partial charge in [0.25, 0.3) is 0 Å². The zero-order valence-electron chi connectivity index (χ0n) is 14.9. The van der Waals surface area contributed by atoms with Gasteiger partial charge in [-0.25, -0.2) is 0 Å². The summed E-state index contributed by atoms with van der Waals surface area (Å²) >= 11 is 0. The number of allylic oxidation sites excluding steroid dienone is 1. The fraction of sp³-hybridized carbons (Fsp3) is 0.550. The van der Waals surface area contributed by atoms with Crippen LogP contribution in [0.1, 0.15) is 57.4 Å². The molecule has 0 N–H and O–H groups in total. The molecule has 0 aliphatic heterocycles. The van der Waals surface area contributed by atoms with Crippen molar-refractivity contribution in [3.05, 3.63) is 57.7 Å². The minimum absolute atomic E-state index is 0.0684. The molecule has 0 spiro atoms. The van der Waals surface area contributed by atoms with Gasteiger partial charge in [0, 0.05) is 23.3 Å². The van der Waals surface area contributed by atoms with Crippen molar-refractivity contribution in [1.29, 1.82) is 0 Å². The van der Waals surface area contributed by atoms with Crippen LogP contribution in [0.5, 0.6) is 0 Å². The van der Waals surface area contributed by atoms with Gasteiger partial charge in [0.1, 0.15) is 0 Å². The van der Waals surface area contributed by atoms with Crippen LogP contribution in [0.4, 0.5) is 0 Å². The van der Waals surface area contributed by atoms with E-state index in [9.17, 15) is 14.9 Å². The Labute approximate surface area is 149 Å². The topological polar surface area (TPSA) is 69.4 Å². The first kappa shape index (κ1) is 19.2. The number of rotatable bonds is 8. The van der Waals surface area contributed by atoms with Crippen LogP contribution in [0, 0.1) is 10.1 Å². The van der Waals surface area contributed by atoms with Gasteiger partial charge in [0.15, 0.2) is 0 Å². The number of nitro groups is 1. The molecular formula is C20H27NO4. The molecule has 1 aliphatic rings. The second-order valence-corrected chi connectivity index (χ2v) is 6.58. The Kier molecular flexibility index (Phi) is 7.16. The molecule has 1 aromatic carbocycles. The van der Waals surface area contributed by atoms with Crippen molar-refractivity contribution in [3.8, 4) is 0 Å². The maximum absolute atomic E-state index is 12.2. The molecule has 0 radical (unpaired) electrons. The molecule has 5 nitrogen and oxygen atoms in total. The van der Waals surface area contributed by atoms with E-state index in [0.717, 1.165) is 43.2 Å². The van der Waals surface area contributed by atoms with Crippen molar-refractivity contribution in [2.45, 2.75) is 63.8 Å². The number of ether oxygens (including phenoxy) is 1. The number of nitrogens with zero attached hydrogens (tertiary/aromatic N) is 1. The van der Waals surface area contributed by atoms with Crippen molar-refractivity contribution in [2.75, 3.05) is 6.61 Å². The highest BCUT2D eigenvalue weighted by atomic mass is 16.6. The van der Waals surface area contributed by atoms with Crippen LogP contribution in [0.3, 0.4) is 0 Å². The van der Waals surface area contributed by atoms with Gasteiger partial charge in [-0.1, -0.05) is 42.8 Å². The minimum atomic E-state index is -1.22. The van der Waals surface area contributed by atoms with Crippen LogP contribution in [0.15, 0.2) is 42.0 Å². The summed E-state index contributed by atoms with van der Waals surface area (Å²) in [5.41, 5.74) is 0.578. The lowest BCUT2D eigenvalue weighted by Crippen LogP contribution is -2.43. The van der Waals surface area contributed by atoms with Gasteiger partial charge in [0.05, 0.1) is 13.0 Å². The molecule has 25 heavy (non-hydrogen) atoms. The third-order valence-electron chi connectivity index (χ3n) is 4.88. The molecule has 1 aliphatic carbocycles. The van der Waals surface area contributed by atoms with Gasteiger partial charge >= 0.3 is 5.97 Å². The van der Waals surface area contributed by atoms with Crippen molar-refractivity contribution < 1.29 is 14.5 Å². The first-order valence-corrected chi connectivity index (χ1v) is 9.12. The molecule has 0 aromatic heterocycles. The zero-order valence-corrected chi connectivity index (χ0v) is 14.9. The van der Waals surface area contributed by atoms with E-state index >= 15 is 0 Å². The molecule has 136 valence electrons. The zero-order chi connectivity index (χ0) is 18.1. The third kappa shape index (κ3) is 5.15. The van der Waals surface area contributed by atoms with Crippen molar-refractivity contribution in [3.63, 3.8) is 0 Å². The van der Waals surface area contributed by atoms with Crippen molar-refractivity contribution >= 4 is 5.97 Å². The number of carbonyl (C=O) groups is 1. The lowest BCUT2D eigenvalue weighted by molar-refractivity contribution is -0.559. The third-order valence-corrected chi connectivity index (χ3v) is 4.88. The first-order valence-electron chi connectivity index (χ1n) is 9.12. The molecule has 2 rings (SSSR count). The number of hydrogen-bond acceptors (Lipinski definition) is 4. The van der Waals surface area contributed by atoms with Crippen LogP contribution in [0.25, 0.3) is 0 Å². The summed E-state index contributed by atoms with van der Waals surface area (Å²) in [7, 11) is 0. The van der Waals surface area contributed by atoms with E-state index in [1.807, 2.05) is 36.4 Å². The van der Waals surface area contributed by atoms with Crippen LogP contribution >= 0.6 is 0 Å². The normalized spacial score (nSPS) is 17.1. The average Bonchev–Trinajstić information content (AvgIpc) is 2.89. The Bertz CT molecular complexity index is 611. The summed E-state index contributed by atoms with van der Waals surface area (Å²) in [6.07, 6.45) is 7.34. The molecule has 5 heteroatoms.